The highest BCUT2D eigenvalue weighted by Gasteiger charge is 2.56. The molecule has 2 aromatic rings. The van der Waals surface area contributed by atoms with Gasteiger partial charge in [-0.2, -0.15) is 13.2 Å². The summed E-state index contributed by atoms with van der Waals surface area (Å²) < 4.78 is 41.5. The van der Waals surface area contributed by atoms with E-state index in [4.69, 9.17) is 0 Å². The van der Waals surface area contributed by atoms with E-state index in [1.807, 2.05) is 0 Å². The average Bonchev–Trinajstić information content (AvgIpc) is 2.38. The topological polar surface area (TPSA) is 20.2 Å². The number of hydrogen-bond acceptors (Lipinski definition) is 1. The minimum Gasteiger partial charge on any atom is -0.372 e. The molecule has 20 heavy (non-hydrogen) atoms. The van der Waals surface area contributed by atoms with Crippen molar-refractivity contribution in [2.75, 3.05) is 0 Å². The molecule has 106 valence electrons. The lowest BCUT2D eigenvalue weighted by Crippen LogP contribution is -2.43. The van der Waals surface area contributed by atoms with Crippen LogP contribution >= 0.6 is 31.9 Å². The lowest BCUT2D eigenvalue weighted by atomic mass is 9.86. The van der Waals surface area contributed by atoms with Gasteiger partial charge in [-0.25, -0.2) is 0 Å². The molecule has 0 amide bonds. The molecule has 0 bridgehead atoms. The summed E-state index contributed by atoms with van der Waals surface area (Å²) in [6.45, 7) is 0. The highest BCUT2D eigenvalue weighted by Crippen LogP contribution is 2.44. The van der Waals surface area contributed by atoms with Crippen molar-refractivity contribution in [3.8, 4) is 0 Å². The van der Waals surface area contributed by atoms with Crippen LogP contribution in [0.1, 0.15) is 11.1 Å². The third-order valence-electron chi connectivity index (χ3n) is 2.93. The fourth-order valence-corrected chi connectivity index (χ4v) is 2.40. The summed E-state index contributed by atoms with van der Waals surface area (Å²) in [6.07, 6.45) is -4.82. The van der Waals surface area contributed by atoms with Gasteiger partial charge in [0.15, 0.2) is 0 Å². The van der Waals surface area contributed by atoms with Gasteiger partial charge in [0.05, 0.1) is 0 Å². The lowest BCUT2D eigenvalue weighted by Gasteiger charge is -2.31. The molecule has 0 aromatic heterocycles. The fourth-order valence-electron chi connectivity index (χ4n) is 1.88. The van der Waals surface area contributed by atoms with Crippen LogP contribution in [0.15, 0.2) is 57.5 Å². The first-order chi connectivity index (χ1) is 9.25. The zero-order valence-corrected chi connectivity index (χ0v) is 13.1. The van der Waals surface area contributed by atoms with Crippen molar-refractivity contribution in [1.29, 1.82) is 0 Å². The summed E-state index contributed by atoms with van der Waals surface area (Å²) >= 11 is 6.32. The van der Waals surface area contributed by atoms with Gasteiger partial charge in [-0.15, -0.1) is 0 Å². The Balaban J connectivity index is 2.62. The summed E-state index contributed by atoms with van der Waals surface area (Å²) in [5.74, 6) is 0. The van der Waals surface area contributed by atoms with Gasteiger partial charge >= 0.3 is 6.18 Å². The van der Waals surface area contributed by atoms with E-state index < -0.39 is 11.8 Å². The fraction of sp³-hybridized carbons (Fsp3) is 0.143. The molecule has 0 spiro atoms. The molecular weight excluding hydrogens is 401 g/mol. The first kappa shape index (κ1) is 15.5. The van der Waals surface area contributed by atoms with Crippen molar-refractivity contribution in [2.45, 2.75) is 11.8 Å². The minimum absolute atomic E-state index is 0.226. The molecule has 0 saturated heterocycles. The SMILES string of the molecule is OC(c1ccc(Br)cc1)(c1ccc(Br)cc1)C(F)(F)F. The standard InChI is InChI=1S/C14H9Br2F3O/c15-11-5-1-9(2-6-11)13(20,14(17,18)19)10-3-7-12(16)8-4-10/h1-8,20H. The molecule has 0 saturated carbocycles. The Morgan fingerprint density at radius 2 is 1.00 bits per heavy atom. The predicted octanol–water partition coefficient (Wildman–Crippen LogP) is 5.01. The normalized spacial score (nSPS) is 12.5. The first-order valence-electron chi connectivity index (χ1n) is 5.56. The minimum atomic E-state index is -4.82. The maximum atomic E-state index is 13.4. The summed E-state index contributed by atoms with van der Waals surface area (Å²) in [5, 5.41) is 10.3. The zero-order chi connectivity index (χ0) is 15.0. The third kappa shape index (κ3) is 2.77. The van der Waals surface area contributed by atoms with Crippen molar-refractivity contribution in [1.82, 2.24) is 0 Å². The van der Waals surface area contributed by atoms with Crippen LogP contribution in [0.5, 0.6) is 0 Å². The van der Waals surface area contributed by atoms with Crippen LogP contribution < -0.4 is 0 Å². The van der Waals surface area contributed by atoms with E-state index in [-0.39, 0.29) is 11.1 Å². The second-order valence-corrected chi connectivity index (χ2v) is 6.05. The van der Waals surface area contributed by atoms with Crippen molar-refractivity contribution >= 4 is 31.9 Å². The first-order valence-corrected chi connectivity index (χ1v) is 7.15. The average molecular weight is 410 g/mol. The van der Waals surface area contributed by atoms with Gasteiger partial charge in [0.25, 0.3) is 0 Å². The van der Waals surface area contributed by atoms with Gasteiger partial charge < -0.3 is 5.11 Å². The molecule has 1 nitrogen and oxygen atoms in total. The second kappa shape index (κ2) is 5.50. The Kier molecular flexibility index (Phi) is 4.27. The quantitative estimate of drug-likeness (QED) is 0.739. The van der Waals surface area contributed by atoms with Crippen LogP contribution in [-0.4, -0.2) is 11.3 Å². The summed E-state index contributed by atoms with van der Waals surface area (Å²) in [4.78, 5) is 0. The number of alkyl halides is 3. The van der Waals surface area contributed by atoms with E-state index in [2.05, 4.69) is 31.9 Å². The van der Waals surface area contributed by atoms with Gasteiger partial charge in [0.1, 0.15) is 0 Å². The Labute approximate surface area is 130 Å². The molecule has 2 aromatic carbocycles. The molecule has 2 rings (SSSR count). The van der Waals surface area contributed by atoms with Crippen molar-refractivity contribution in [3.05, 3.63) is 68.6 Å². The van der Waals surface area contributed by atoms with Gasteiger partial charge in [0, 0.05) is 8.95 Å². The molecule has 0 heterocycles. The highest BCUT2D eigenvalue weighted by molar-refractivity contribution is 9.10. The van der Waals surface area contributed by atoms with E-state index in [1.54, 1.807) is 0 Å². The van der Waals surface area contributed by atoms with Gasteiger partial charge in [-0.05, 0) is 35.4 Å². The summed E-state index contributed by atoms with van der Waals surface area (Å²) in [6, 6.07) is 10.9. The Bertz CT molecular complexity index is 546. The number of benzene rings is 2. The smallest absolute Gasteiger partial charge is 0.372 e. The molecule has 0 aliphatic carbocycles. The Morgan fingerprint density at radius 1 is 0.700 bits per heavy atom. The highest BCUT2D eigenvalue weighted by atomic mass is 79.9. The Hall–Kier alpha value is -0.850. The predicted molar refractivity (Wildman–Crippen MR) is 77.3 cm³/mol. The van der Waals surface area contributed by atoms with E-state index in [1.165, 1.54) is 48.5 Å². The molecular formula is C14H9Br2F3O. The van der Waals surface area contributed by atoms with Crippen LogP contribution in [0.2, 0.25) is 0 Å². The lowest BCUT2D eigenvalue weighted by molar-refractivity contribution is -0.248. The number of halogens is 5. The second-order valence-electron chi connectivity index (χ2n) is 4.22. The number of aliphatic hydroxyl groups is 1. The summed E-state index contributed by atoms with van der Waals surface area (Å²) in [7, 11) is 0. The molecule has 0 unspecified atom stereocenters. The van der Waals surface area contributed by atoms with Crippen molar-refractivity contribution < 1.29 is 18.3 Å². The van der Waals surface area contributed by atoms with Crippen LogP contribution in [-0.2, 0) is 5.60 Å². The monoisotopic (exact) mass is 408 g/mol. The molecule has 1 N–H and O–H groups in total. The summed E-state index contributed by atoms with van der Waals surface area (Å²) in [5.41, 5.74) is -3.49. The van der Waals surface area contributed by atoms with Gasteiger partial charge in [-0.1, -0.05) is 56.1 Å². The van der Waals surface area contributed by atoms with E-state index in [0.29, 0.717) is 8.95 Å². The maximum Gasteiger partial charge on any atom is 0.425 e. The zero-order valence-electron chi connectivity index (χ0n) is 9.96. The number of rotatable bonds is 2. The van der Waals surface area contributed by atoms with Crippen molar-refractivity contribution in [3.63, 3.8) is 0 Å². The molecule has 0 fully saturated rings. The van der Waals surface area contributed by atoms with E-state index >= 15 is 0 Å². The van der Waals surface area contributed by atoms with Crippen LogP contribution in [0.3, 0.4) is 0 Å². The van der Waals surface area contributed by atoms with E-state index in [0.717, 1.165) is 0 Å². The molecule has 6 heteroatoms. The van der Waals surface area contributed by atoms with Crippen LogP contribution in [0.4, 0.5) is 13.2 Å². The molecule has 0 aliphatic heterocycles. The van der Waals surface area contributed by atoms with Crippen molar-refractivity contribution in [2.24, 2.45) is 0 Å². The third-order valence-corrected chi connectivity index (χ3v) is 3.99. The van der Waals surface area contributed by atoms with Gasteiger partial charge in [-0.3, -0.25) is 0 Å². The van der Waals surface area contributed by atoms with E-state index in [9.17, 15) is 18.3 Å². The molecule has 0 radical (unpaired) electrons. The van der Waals surface area contributed by atoms with Gasteiger partial charge in [0.2, 0.25) is 5.60 Å². The maximum absolute atomic E-state index is 13.4. The molecule has 0 atom stereocenters. The largest absolute Gasteiger partial charge is 0.425 e. The number of hydrogen-bond donors (Lipinski definition) is 1. The van der Waals surface area contributed by atoms with Crippen LogP contribution in [0, 0.1) is 0 Å². The molecule has 0 aliphatic rings. The Morgan fingerprint density at radius 3 is 1.25 bits per heavy atom. The van der Waals surface area contributed by atoms with Crippen LogP contribution in [0.25, 0.3) is 0 Å².